The maximum atomic E-state index is 12.3. The predicted molar refractivity (Wildman–Crippen MR) is 60.9 cm³/mol. The standard InChI is InChI=1S/C10H11N3O4S/c14-8-12-10-7-17-5-4-13(10)18(15,16)9-2-1-3-11-6-9/h1-3,6,10H,4-5,7H2. The van der Waals surface area contributed by atoms with Crippen LogP contribution in [-0.2, 0) is 19.6 Å². The number of pyridine rings is 1. The molecule has 0 aromatic carbocycles. The summed E-state index contributed by atoms with van der Waals surface area (Å²) in [6.45, 7) is 0.464. The van der Waals surface area contributed by atoms with Gasteiger partial charge < -0.3 is 4.74 Å². The second kappa shape index (κ2) is 5.36. The zero-order valence-corrected chi connectivity index (χ0v) is 10.2. The van der Waals surface area contributed by atoms with Crippen molar-refractivity contribution in [1.82, 2.24) is 9.29 Å². The van der Waals surface area contributed by atoms with Gasteiger partial charge in [-0.25, -0.2) is 13.2 Å². The van der Waals surface area contributed by atoms with Crippen LogP contribution in [0.5, 0.6) is 0 Å². The van der Waals surface area contributed by atoms with Crippen molar-refractivity contribution >= 4 is 16.1 Å². The molecule has 1 aliphatic heterocycles. The minimum absolute atomic E-state index is 0.0503. The van der Waals surface area contributed by atoms with Gasteiger partial charge >= 0.3 is 0 Å². The number of nitrogens with zero attached hydrogens (tertiary/aromatic N) is 3. The van der Waals surface area contributed by atoms with E-state index in [0.717, 1.165) is 4.31 Å². The predicted octanol–water partition coefficient (Wildman–Crippen LogP) is -0.236. The Hall–Kier alpha value is -1.60. The zero-order chi connectivity index (χ0) is 13.0. The van der Waals surface area contributed by atoms with Crippen molar-refractivity contribution in [2.45, 2.75) is 11.1 Å². The molecule has 18 heavy (non-hydrogen) atoms. The molecular formula is C10H11N3O4S. The van der Waals surface area contributed by atoms with E-state index in [2.05, 4.69) is 9.98 Å². The molecule has 1 aromatic rings. The van der Waals surface area contributed by atoms with Gasteiger partial charge in [-0.1, -0.05) is 0 Å². The Morgan fingerprint density at radius 1 is 1.56 bits per heavy atom. The SMILES string of the molecule is O=C=NC1COCCN1S(=O)(=O)c1cccnc1. The largest absolute Gasteiger partial charge is 0.376 e. The van der Waals surface area contributed by atoms with Gasteiger partial charge in [-0.2, -0.15) is 9.30 Å². The van der Waals surface area contributed by atoms with Gasteiger partial charge in [0.1, 0.15) is 4.90 Å². The molecule has 0 radical (unpaired) electrons. The van der Waals surface area contributed by atoms with E-state index in [1.165, 1.54) is 30.6 Å². The van der Waals surface area contributed by atoms with Crippen LogP contribution in [0.25, 0.3) is 0 Å². The molecule has 0 spiro atoms. The summed E-state index contributed by atoms with van der Waals surface area (Å²) in [4.78, 5) is 17.6. The van der Waals surface area contributed by atoms with Crippen LogP contribution in [-0.4, -0.2) is 49.7 Å². The molecule has 1 fully saturated rings. The van der Waals surface area contributed by atoms with Crippen LogP contribution in [0.2, 0.25) is 0 Å². The summed E-state index contributed by atoms with van der Waals surface area (Å²) in [5.74, 6) is 0. The smallest absolute Gasteiger partial charge is 0.246 e. The lowest BCUT2D eigenvalue weighted by Crippen LogP contribution is -2.47. The number of carbonyl (C=O) groups excluding carboxylic acids is 1. The first-order valence-corrected chi connectivity index (χ1v) is 6.67. The van der Waals surface area contributed by atoms with E-state index < -0.39 is 16.2 Å². The Labute approximate surface area is 104 Å². The molecule has 0 saturated carbocycles. The lowest BCUT2D eigenvalue weighted by atomic mass is 10.4. The number of isocyanates is 1. The first-order chi connectivity index (χ1) is 8.66. The molecule has 1 saturated heterocycles. The highest BCUT2D eigenvalue weighted by atomic mass is 32.2. The number of hydrogen-bond acceptors (Lipinski definition) is 6. The highest BCUT2D eigenvalue weighted by Crippen LogP contribution is 2.20. The molecule has 1 unspecified atom stereocenters. The van der Waals surface area contributed by atoms with Crippen molar-refractivity contribution < 1.29 is 17.9 Å². The van der Waals surface area contributed by atoms with Crippen LogP contribution >= 0.6 is 0 Å². The van der Waals surface area contributed by atoms with Crippen molar-refractivity contribution in [3.05, 3.63) is 24.5 Å². The number of morpholine rings is 1. The summed E-state index contributed by atoms with van der Waals surface area (Å²) in [6.07, 6.45) is 3.25. The van der Waals surface area contributed by atoms with Crippen LogP contribution in [0, 0.1) is 0 Å². The van der Waals surface area contributed by atoms with E-state index in [1.54, 1.807) is 0 Å². The van der Waals surface area contributed by atoms with Crippen LogP contribution in [0.15, 0.2) is 34.4 Å². The van der Waals surface area contributed by atoms with Crippen molar-refractivity contribution in [2.24, 2.45) is 4.99 Å². The third kappa shape index (κ3) is 2.46. The van der Waals surface area contributed by atoms with Crippen LogP contribution in [0.1, 0.15) is 0 Å². The quantitative estimate of drug-likeness (QED) is 0.558. The highest BCUT2D eigenvalue weighted by molar-refractivity contribution is 7.89. The number of hydrogen-bond donors (Lipinski definition) is 0. The number of ether oxygens (including phenoxy) is 1. The normalized spacial score (nSPS) is 21.2. The minimum atomic E-state index is -3.72. The number of sulfonamides is 1. The molecule has 1 aromatic heterocycles. The Morgan fingerprint density at radius 2 is 2.39 bits per heavy atom. The van der Waals surface area contributed by atoms with E-state index in [4.69, 9.17) is 4.74 Å². The summed E-state index contributed by atoms with van der Waals surface area (Å²) in [5.41, 5.74) is 0. The van der Waals surface area contributed by atoms with Crippen LogP contribution in [0.3, 0.4) is 0 Å². The Bertz CT molecular complexity index is 554. The maximum absolute atomic E-state index is 12.3. The molecule has 0 N–H and O–H groups in total. The lowest BCUT2D eigenvalue weighted by molar-refractivity contribution is 0.0359. The van der Waals surface area contributed by atoms with Crippen LogP contribution in [0.4, 0.5) is 0 Å². The average molecular weight is 269 g/mol. The molecule has 1 aliphatic rings. The highest BCUT2D eigenvalue weighted by Gasteiger charge is 2.34. The van der Waals surface area contributed by atoms with Crippen molar-refractivity contribution in [2.75, 3.05) is 19.8 Å². The molecule has 0 amide bonds. The summed E-state index contributed by atoms with van der Waals surface area (Å²) in [7, 11) is -3.72. The van der Waals surface area contributed by atoms with E-state index in [0.29, 0.717) is 0 Å². The molecule has 8 heteroatoms. The Morgan fingerprint density at radius 3 is 3.06 bits per heavy atom. The number of aromatic nitrogens is 1. The van der Waals surface area contributed by atoms with Crippen molar-refractivity contribution in [1.29, 1.82) is 0 Å². The minimum Gasteiger partial charge on any atom is -0.376 e. The van der Waals surface area contributed by atoms with Crippen LogP contribution < -0.4 is 0 Å². The summed E-state index contributed by atoms with van der Waals surface area (Å²) in [6, 6.07) is 2.98. The van der Waals surface area contributed by atoms with Gasteiger partial charge in [0, 0.05) is 18.9 Å². The van der Waals surface area contributed by atoms with Gasteiger partial charge in [0.2, 0.25) is 16.1 Å². The molecule has 1 atom stereocenters. The van der Waals surface area contributed by atoms with E-state index in [9.17, 15) is 13.2 Å². The van der Waals surface area contributed by atoms with Gasteiger partial charge in [-0.3, -0.25) is 4.98 Å². The van der Waals surface area contributed by atoms with Crippen molar-refractivity contribution in [3.63, 3.8) is 0 Å². The fourth-order valence-corrected chi connectivity index (χ4v) is 3.11. The number of aliphatic imine (C=N–C) groups is 1. The average Bonchev–Trinajstić information content (AvgIpc) is 2.41. The monoisotopic (exact) mass is 269 g/mol. The Balaban J connectivity index is 2.36. The van der Waals surface area contributed by atoms with Gasteiger partial charge in [0.25, 0.3) is 0 Å². The molecule has 2 rings (SSSR count). The maximum Gasteiger partial charge on any atom is 0.246 e. The molecule has 2 heterocycles. The third-order valence-electron chi connectivity index (χ3n) is 2.50. The van der Waals surface area contributed by atoms with Gasteiger partial charge in [-0.05, 0) is 12.1 Å². The number of rotatable bonds is 3. The topological polar surface area (TPSA) is 88.9 Å². The van der Waals surface area contributed by atoms with Gasteiger partial charge in [-0.15, -0.1) is 0 Å². The van der Waals surface area contributed by atoms with E-state index in [1.807, 2.05) is 0 Å². The summed E-state index contributed by atoms with van der Waals surface area (Å²) in [5, 5.41) is 0. The molecule has 0 bridgehead atoms. The van der Waals surface area contributed by atoms with E-state index >= 15 is 0 Å². The van der Waals surface area contributed by atoms with Gasteiger partial charge in [0.05, 0.1) is 13.2 Å². The summed E-state index contributed by atoms with van der Waals surface area (Å²) >= 11 is 0. The summed E-state index contributed by atoms with van der Waals surface area (Å²) < 4.78 is 30.9. The fourth-order valence-electron chi connectivity index (χ4n) is 1.65. The molecule has 96 valence electrons. The first-order valence-electron chi connectivity index (χ1n) is 5.23. The molecular weight excluding hydrogens is 258 g/mol. The van der Waals surface area contributed by atoms with Crippen molar-refractivity contribution in [3.8, 4) is 0 Å². The molecule has 0 aliphatic carbocycles. The van der Waals surface area contributed by atoms with E-state index in [-0.39, 0.29) is 24.7 Å². The molecule has 7 nitrogen and oxygen atoms in total. The second-order valence-corrected chi connectivity index (χ2v) is 5.47. The fraction of sp³-hybridized carbons (Fsp3) is 0.400. The van der Waals surface area contributed by atoms with Gasteiger partial charge in [0.15, 0.2) is 6.17 Å². The zero-order valence-electron chi connectivity index (χ0n) is 9.39. The lowest BCUT2D eigenvalue weighted by Gasteiger charge is -2.30. The Kier molecular flexibility index (Phi) is 3.83. The second-order valence-electron chi connectivity index (χ2n) is 3.58. The first kappa shape index (κ1) is 12.8. The third-order valence-corrected chi connectivity index (χ3v) is 4.38.